The second kappa shape index (κ2) is 6.80. The van der Waals surface area contributed by atoms with Crippen LogP contribution in [0.2, 0.25) is 0 Å². The van der Waals surface area contributed by atoms with E-state index < -0.39 is 0 Å². The maximum absolute atomic E-state index is 5.31. The molecule has 2 heterocycles. The van der Waals surface area contributed by atoms with Crippen molar-refractivity contribution in [2.45, 2.75) is 44.6 Å². The van der Waals surface area contributed by atoms with Gasteiger partial charge in [-0.15, -0.1) is 0 Å². The highest BCUT2D eigenvalue weighted by molar-refractivity contribution is 7.71. The molecule has 1 aliphatic carbocycles. The lowest BCUT2D eigenvalue weighted by Crippen LogP contribution is -2.11. The molecule has 0 spiro atoms. The van der Waals surface area contributed by atoms with Gasteiger partial charge in [-0.05, 0) is 30.5 Å². The highest BCUT2D eigenvalue weighted by atomic mass is 32.1. The molecular formula is C16H20N4S. The molecule has 21 heavy (non-hydrogen) atoms. The van der Waals surface area contributed by atoms with Gasteiger partial charge in [0.15, 0.2) is 0 Å². The lowest BCUT2D eigenvalue weighted by atomic mass is 9.89. The van der Waals surface area contributed by atoms with Crippen LogP contribution < -0.4 is 5.32 Å². The fraction of sp³-hybridized carbons (Fsp3) is 0.438. The number of aromatic nitrogens is 3. The molecule has 4 nitrogen and oxygen atoms in total. The Kier molecular flexibility index (Phi) is 4.60. The summed E-state index contributed by atoms with van der Waals surface area (Å²) in [6.45, 7) is 0.752. The van der Waals surface area contributed by atoms with Gasteiger partial charge in [-0.2, -0.15) is 0 Å². The number of rotatable bonds is 4. The summed E-state index contributed by atoms with van der Waals surface area (Å²) >= 11 is 5.31. The monoisotopic (exact) mass is 300 g/mol. The van der Waals surface area contributed by atoms with Crippen LogP contribution >= 0.6 is 12.2 Å². The molecular weight excluding hydrogens is 280 g/mol. The van der Waals surface area contributed by atoms with E-state index in [9.17, 15) is 0 Å². The average Bonchev–Trinajstić information content (AvgIpc) is 2.54. The second-order valence-electron chi connectivity index (χ2n) is 5.56. The van der Waals surface area contributed by atoms with Crippen molar-refractivity contribution < 1.29 is 0 Å². The van der Waals surface area contributed by atoms with Crippen LogP contribution in [0, 0.1) is 4.64 Å². The van der Waals surface area contributed by atoms with Crippen LogP contribution in [0.3, 0.4) is 0 Å². The summed E-state index contributed by atoms with van der Waals surface area (Å²) in [5.41, 5.74) is 1.19. The molecule has 3 rings (SSSR count). The molecule has 0 aliphatic heterocycles. The zero-order valence-corrected chi connectivity index (χ0v) is 12.8. The van der Waals surface area contributed by atoms with Crippen molar-refractivity contribution in [3.05, 3.63) is 46.6 Å². The summed E-state index contributed by atoms with van der Waals surface area (Å²) < 4.78 is 0.659. The predicted molar refractivity (Wildman–Crippen MR) is 86.8 cm³/mol. The third-order valence-electron chi connectivity index (χ3n) is 3.99. The molecule has 0 atom stereocenters. The Morgan fingerprint density at radius 2 is 1.95 bits per heavy atom. The van der Waals surface area contributed by atoms with Crippen molar-refractivity contribution in [1.29, 1.82) is 0 Å². The number of nitrogens with zero attached hydrogens (tertiary/aromatic N) is 2. The van der Waals surface area contributed by atoms with Crippen LogP contribution in [-0.2, 0) is 6.54 Å². The molecule has 1 fully saturated rings. The highest BCUT2D eigenvalue weighted by Crippen LogP contribution is 2.30. The van der Waals surface area contributed by atoms with Gasteiger partial charge in [0.2, 0.25) is 0 Å². The molecule has 1 saturated carbocycles. The Morgan fingerprint density at radius 3 is 2.71 bits per heavy atom. The maximum atomic E-state index is 5.31. The standard InChI is InChI=1S/C16H20N4S/c21-15-10-14(18-11-12-6-8-17-9-7-12)19-16(20-15)13-4-2-1-3-5-13/h6-10,13H,1-5,11H2,(H2,18,19,20,21). The third kappa shape index (κ3) is 3.88. The Morgan fingerprint density at radius 1 is 1.19 bits per heavy atom. The van der Waals surface area contributed by atoms with Crippen LogP contribution in [0.4, 0.5) is 5.82 Å². The van der Waals surface area contributed by atoms with Crippen molar-refractivity contribution in [1.82, 2.24) is 15.0 Å². The van der Waals surface area contributed by atoms with Gasteiger partial charge in [0, 0.05) is 30.9 Å². The number of hydrogen-bond donors (Lipinski definition) is 2. The van der Waals surface area contributed by atoms with E-state index in [1.807, 2.05) is 18.2 Å². The summed E-state index contributed by atoms with van der Waals surface area (Å²) in [5, 5.41) is 3.39. The Balaban J connectivity index is 1.73. The minimum absolute atomic E-state index is 0.531. The Hall–Kier alpha value is -1.75. The van der Waals surface area contributed by atoms with Gasteiger partial charge >= 0.3 is 0 Å². The lowest BCUT2D eigenvalue weighted by molar-refractivity contribution is 0.428. The van der Waals surface area contributed by atoms with Crippen LogP contribution in [0.1, 0.15) is 49.4 Å². The van der Waals surface area contributed by atoms with Crippen LogP contribution in [-0.4, -0.2) is 15.0 Å². The largest absolute Gasteiger partial charge is 0.367 e. The van der Waals surface area contributed by atoms with Gasteiger partial charge < -0.3 is 10.3 Å². The molecule has 0 unspecified atom stereocenters. The molecule has 0 saturated heterocycles. The fourth-order valence-corrected chi connectivity index (χ4v) is 3.06. The maximum Gasteiger partial charge on any atom is 0.131 e. The average molecular weight is 300 g/mol. The van der Waals surface area contributed by atoms with Gasteiger partial charge in [-0.1, -0.05) is 31.5 Å². The fourth-order valence-electron chi connectivity index (χ4n) is 2.84. The topological polar surface area (TPSA) is 53.6 Å². The molecule has 0 bridgehead atoms. The molecule has 2 aromatic rings. The molecule has 2 N–H and O–H groups in total. The minimum atomic E-state index is 0.531. The van der Waals surface area contributed by atoms with Crippen molar-refractivity contribution in [2.24, 2.45) is 0 Å². The number of hydrogen-bond acceptors (Lipinski definition) is 4. The van der Waals surface area contributed by atoms with E-state index in [1.54, 1.807) is 12.4 Å². The zero-order chi connectivity index (χ0) is 14.5. The molecule has 110 valence electrons. The Bertz CT molecular complexity index is 632. The summed E-state index contributed by atoms with van der Waals surface area (Å²) in [4.78, 5) is 12.0. The van der Waals surface area contributed by atoms with Gasteiger partial charge in [-0.3, -0.25) is 4.98 Å². The van der Waals surface area contributed by atoms with E-state index in [0.717, 1.165) is 18.2 Å². The first-order valence-corrected chi connectivity index (χ1v) is 7.96. The number of nitrogens with one attached hydrogen (secondary N) is 2. The smallest absolute Gasteiger partial charge is 0.131 e. The van der Waals surface area contributed by atoms with Gasteiger partial charge in [0.1, 0.15) is 16.3 Å². The van der Waals surface area contributed by atoms with Gasteiger partial charge in [0.05, 0.1) is 0 Å². The first-order chi connectivity index (χ1) is 10.3. The number of aromatic amines is 1. The zero-order valence-electron chi connectivity index (χ0n) is 12.0. The number of anilines is 1. The van der Waals surface area contributed by atoms with Gasteiger partial charge in [-0.25, -0.2) is 4.98 Å². The number of H-pyrrole nitrogens is 1. The lowest BCUT2D eigenvalue weighted by Gasteiger charge is -2.21. The van der Waals surface area contributed by atoms with E-state index in [4.69, 9.17) is 12.2 Å². The number of pyridine rings is 1. The van der Waals surface area contributed by atoms with Crippen molar-refractivity contribution in [3.63, 3.8) is 0 Å². The molecule has 1 aliphatic rings. The van der Waals surface area contributed by atoms with E-state index in [1.165, 1.54) is 37.7 Å². The van der Waals surface area contributed by atoms with Crippen LogP contribution in [0.5, 0.6) is 0 Å². The second-order valence-corrected chi connectivity index (χ2v) is 5.98. The molecule has 2 aromatic heterocycles. The minimum Gasteiger partial charge on any atom is -0.367 e. The van der Waals surface area contributed by atoms with Crippen LogP contribution in [0.25, 0.3) is 0 Å². The quantitative estimate of drug-likeness (QED) is 0.831. The Labute approximate surface area is 130 Å². The van der Waals surface area contributed by atoms with E-state index in [-0.39, 0.29) is 0 Å². The molecule has 5 heteroatoms. The summed E-state index contributed by atoms with van der Waals surface area (Å²) in [7, 11) is 0. The SMILES string of the molecule is S=c1cc(NCc2ccncc2)[nH]c(C2CCCCC2)n1. The van der Waals surface area contributed by atoms with Crippen molar-refractivity contribution in [3.8, 4) is 0 Å². The van der Waals surface area contributed by atoms with E-state index in [2.05, 4.69) is 20.3 Å². The van der Waals surface area contributed by atoms with Gasteiger partial charge in [0.25, 0.3) is 0 Å². The van der Waals surface area contributed by atoms with E-state index >= 15 is 0 Å². The predicted octanol–water partition coefficient (Wildman–Crippen LogP) is 4.19. The molecule has 0 amide bonds. The van der Waals surface area contributed by atoms with Crippen molar-refractivity contribution in [2.75, 3.05) is 5.32 Å². The third-order valence-corrected chi connectivity index (χ3v) is 4.19. The van der Waals surface area contributed by atoms with E-state index in [0.29, 0.717) is 10.6 Å². The normalized spacial score (nSPS) is 15.8. The molecule has 0 radical (unpaired) electrons. The van der Waals surface area contributed by atoms with Crippen molar-refractivity contribution >= 4 is 18.0 Å². The van der Waals surface area contributed by atoms with Crippen LogP contribution in [0.15, 0.2) is 30.6 Å². The highest BCUT2D eigenvalue weighted by Gasteiger charge is 2.17. The molecule has 0 aromatic carbocycles. The summed E-state index contributed by atoms with van der Waals surface area (Å²) in [5.74, 6) is 2.52. The first kappa shape index (κ1) is 14.2. The summed E-state index contributed by atoms with van der Waals surface area (Å²) in [6.07, 6.45) is 9.97. The summed E-state index contributed by atoms with van der Waals surface area (Å²) in [6, 6.07) is 5.90. The first-order valence-electron chi connectivity index (χ1n) is 7.55.